The Hall–Kier alpha value is -1.65. The van der Waals surface area contributed by atoms with Crippen molar-refractivity contribution in [2.75, 3.05) is 12.4 Å². The zero-order valence-electron chi connectivity index (χ0n) is 10.6. The second kappa shape index (κ2) is 7.22. The van der Waals surface area contributed by atoms with Crippen LogP contribution in [0.3, 0.4) is 0 Å². The Bertz CT molecular complexity index is 584. The average molecular weight is 309 g/mol. The highest BCUT2D eigenvalue weighted by Crippen LogP contribution is 2.20. The predicted molar refractivity (Wildman–Crippen MR) is 81.1 cm³/mol. The molecule has 0 saturated carbocycles. The van der Waals surface area contributed by atoms with Gasteiger partial charge in [0.25, 0.3) is 0 Å². The number of rotatable bonds is 6. The molecule has 104 valence electrons. The van der Waals surface area contributed by atoms with Gasteiger partial charge in [-0.05, 0) is 42.5 Å². The third kappa shape index (κ3) is 4.47. The maximum Gasteiger partial charge on any atom is 0.335 e. The number of carbonyl (C=O) groups is 1. The summed E-state index contributed by atoms with van der Waals surface area (Å²) in [7, 11) is 0. The first kappa shape index (κ1) is 14.8. The van der Waals surface area contributed by atoms with Crippen LogP contribution in [0.25, 0.3) is 0 Å². The largest absolute Gasteiger partial charge is 0.493 e. The molecule has 0 saturated heterocycles. The number of benzene rings is 2. The van der Waals surface area contributed by atoms with Crippen LogP contribution in [0, 0.1) is 0 Å². The molecule has 5 heteroatoms. The number of aromatic carboxylic acids is 1. The van der Waals surface area contributed by atoms with Crippen molar-refractivity contribution in [2.24, 2.45) is 0 Å². The second-order valence-electron chi connectivity index (χ2n) is 3.98. The van der Waals surface area contributed by atoms with Gasteiger partial charge in [-0.1, -0.05) is 17.7 Å². The summed E-state index contributed by atoms with van der Waals surface area (Å²) in [5.74, 6) is 0.395. The molecule has 0 bridgehead atoms. The Morgan fingerprint density at radius 1 is 1.20 bits per heavy atom. The van der Waals surface area contributed by atoms with Crippen molar-refractivity contribution in [3.05, 3.63) is 59.1 Å². The van der Waals surface area contributed by atoms with E-state index >= 15 is 0 Å². The molecule has 0 fully saturated rings. The Kier molecular flexibility index (Phi) is 5.32. The van der Waals surface area contributed by atoms with Gasteiger partial charge < -0.3 is 9.84 Å². The van der Waals surface area contributed by atoms with Crippen LogP contribution in [-0.2, 0) is 0 Å². The summed E-state index contributed by atoms with van der Waals surface area (Å²) in [5, 5.41) is 9.60. The topological polar surface area (TPSA) is 46.5 Å². The first-order chi connectivity index (χ1) is 9.65. The molecular formula is C15H13ClO3S. The maximum absolute atomic E-state index is 10.8. The summed E-state index contributed by atoms with van der Waals surface area (Å²) in [6, 6.07) is 14.1. The van der Waals surface area contributed by atoms with Gasteiger partial charge in [-0.15, -0.1) is 11.8 Å². The van der Waals surface area contributed by atoms with E-state index in [1.807, 2.05) is 24.3 Å². The fourth-order valence-corrected chi connectivity index (χ4v) is 2.43. The van der Waals surface area contributed by atoms with Gasteiger partial charge >= 0.3 is 5.97 Å². The summed E-state index contributed by atoms with van der Waals surface area (Å²) in [6.45, 7) is 0.510. The number of hydrogen-bond donors (Lipinski definition) is 1. The van der Waals surface area contributed by atoms with Crippen molar-refractivity contribution in [2.45, 2.75) is 4.90 Å². The molecular weight excluding hydrogens is 296 g/mol. The number of carboxylic acids is 1. The van der Waals surface area contributed by atoms with E-state index in [-0.39, 0.29) is 5.56 Å². The summed E-state index contributed by atoms with van der Waals surface area (Å²) in [5.41, 5.74) is 0.229. The Morgan fingerprint density at radius 3 is 2.65 bits per heavy atom. The lowest BCUT2D eigenvalue weighted by molar-refractivity contribution is 0.0696. The fraction of sp³-hybridized carbons (Fsp3) is 0.133. The molecule has 2 aromatic carbocycles. The van der Waals surface area contributed by atoms with Crippen LogP contribution in [-0.4, -0.2) is 23.4 Å². The van der Waals surface area contributed by atoms with E-state index in [1.165, 1.54) is 12.1 Å². The predicted octanol–water partition coefficient (Wildman–Crippen LogP) is 4.21. The number of hydrogen-bond acceptors (Lipinski definition) is 3. The van der Waals surface area contributed by atoms with E-state index in [0.717, 1.165) is 15.7 Å². The second-order valence-corrected chi connectivity index (χ2v) is 5.59. The minimum Gasteiger partial charge on any atom is -0.493 e. The molecule has 0 atom stereocenters. The minimum absolute atomic E-state index is 0.229. The lowest BCUT2D eigenvalue weighted by Crippen LogP contribution is -2.02. The molecule has 0 amide bonds. The van der Waals surface area contributed by atoms with Crippen molar-refractivity contribution in [1.82, 2.24) is 0 Å². The first-order valence-corrected chi connectivity index (χ1v) is 7.36. The van der Waals surface area contributed by atoms with E-state index in [0.29, 0.717) is 12.4 Å². The van der Waals surface area contributed by atoms with Crippen molar-refractivity contribution in [1.29, 1.82) is 0 Å². The van der Waals surface area contributed by atoms with E-state index < -0.39 is 5.97 Å². The standard InChI is InChI=1S/C15H13ClO3S/c16-12-4-6-14(7-5-12)20-9-8-19-13-3-1-2-11(10-13)15(17)18/h1-7,10H,8-9H2,(H,17,18). The molecule has 0 aromatic heterocycles. The average Bonchev–Trinajstić information content (AvgIpc) is 2.46. The molecule has 0 aliphatic heterocycles. The molecule has 1 N–H and O–H groups in total. The monoisotopic (exact) mass is 308 g/mol. The molecule has 20 heavy (non-hydrogen) atoms. The van der Waals surface area contributed by atoms with Crippen LogP contribution in [0.15, 0.2) is 53.4 Å². The third-order valence-electron chi connectivity index (χ3n) is 2.52. The van der Waals surface area contributed by atoms with Crippen LogP contribution >= 0.6 is 23.4 Å². The number of carboxylic acid groups (broad SMARTS) is 1. The van der Waals surface area contributed by atoms with Gasteiger partial charge in [0, 0.05) is 15.7 Å². The third-order valence-corrected chi connectivity index (χ3v) is 3.74. The quantitative estimate of drug-likeness (QED) is 0.641. The molecule has 0 heterocycles. The number of ether oxygens (including phenoxy) is 1. The lowest BCUT2D eigenvalue weighted by Gasteiger charge is -2.06. The van der Waals surface area contributed by atoms with Crippen molar-refractivity contribution >= 4 is 29.3 Å². The van der Waals surface area contributed by atoms with Crippen LogP contribution in [0.4, 0.5) is 0 Å². The first-order valence-electron chi connectivity index (χ1n) is 6.00. The Balaban J connectivity index is 1.79. The van der Waals surface area contributed by atoms with Crippen LogP contribution < -0.4 is 4.74 Å². The molecule has 0 spiro atoms. The molecule has 0 radical (unpaired) electrons. The molecule has 0 unspecified atom stereocenters. The van der Waals surface area contributed by atoms with Crippen LogP contribution in [0.5, 0.6) is 5.75 Å². The van der Waals surface area contributed by atoms with Gasteiger partial charge in [0.2, 0.25) is 0 Å². The van der Waals surface area contributed by atoms with Gasteiger partial charge in [-0.25, -0.2) is 4.79 Å². The summed E-state index contributed by atoms with van der Waals surface area (Å²) >= 11 is 7.47. The molecule has 2 aromatic rings. The minimum atomic E-state index is -0.953. The van der Waals surface area contributed by atoms with Gasteiger partial charge in [-0.2, -0.15) is 0 Å². The smallest absolute Gasteiger partial charge is 0.335 e. The van der Waals surface area contributed by atoms with Gasteiger partial charge in [-0.3, -0.25) is 0 Å². The van der Waals surface area contributed by atoms with Gasteiger partial charge in [0.15, 0.2) is 0 Å². The molecule has 2 rings (SSSR count). The van der Waals surface area contributed by atoms with Crippen molar-refractivity contribution in [3.8, 4) is 5.75 Å². The highest BCUT2D eigenvalue weighted by Gasteiger charge is 2.03. The summed E-state index contributed by atoms with van der Waals surface area (Å²) in [6.07, 6.45) is 0. The number of thioether (sulfide) groups is 1. The van der Waals surface area contributed by atoms with Crippen molar-refractivity contribution < 1.29 is 14.6 Å². The summed E-state index contributed by atoms with van der Waals surface area (Å²) < 4.78 is 5.53. The highest BCUT2D eigenvalue weighted by atomic mass is 35.5. The normalized spacial score (nSPS) is 10.2. The van der Waals surface area contributed by atoms with E-state index in [1.54, 1.807) is 23.9 Å². The van der Waals surface area contributed by atoms with Crippen LogP contribution in [0.1, 0.15) is 10.4 Å². The van der Waals surface area contributed by atoms with Crippen LogP contribution in [0.2, 0.25) is 5.02 Å². The zero-order valence-corrected chi connectivity index (χ0v) is 12.2. The molecule has 3 nitrogen and oxygen atoms in total. The zero-order chi connectivity index (χ0) is 14.4. The Labute approximate surface area is 126 Å². The lowest BCUT2D eigenvalue weighted by atomic mass is 10.2. The fourth-order valence-electron chi connectivity index (χ4n) is 1.57. The number of halogens is 1. The van der Waals surface area contributed by atoms with E-state index in [9.17, 15) is 4.79 Å². The van der Waals surface area contributed by atoms with E-state index in [4.69, 9.17) is 21.4 Å². The summed E-state index contributed by atoms with van der Waals surface area (Å²) in [4.78, 5) is 11.9. The van der Waals surface area contributed by atoms with Gasteiger partial charge in [0.05, 0.1) is 12.2 Å². The van der Waals surface area contributed by atoms with Gasteiger partial charge in [0.1, 0.15) is 5.75 Å². The molecule has 0 aliphatic rings. The Morgan fingerprint density at radius 2 is 1.95 bits per heavy atom. The maximum atomic E-state index is 10.8. The molecule has 0 aliphatic carbocycles. The van der Waals surface area contributed by atoms with E-state index in [2.05, 4.69) is 0 Å². The SMILES string of the molecule is O=C(O)c1cccc(OCCSc2ccc(Cl)cc2)c1. The van der Waals surface area contributed by atoms with Crippen molar-refractivity contribution in [3.63, 3.8) is 0 Å². The highest BCUT2D eigenvalue weighted by molar-refractivity contribution is 7.99.